The number of nitrogens with zero attached hydrogens (tertiary/aromatic N) is 1. The lowest BCUT2D eigenvalue weighted by Gasteiger charge is -2.29. The zero-order valence-electron chi connectivity index (χ0n) is 16.2. The maximum Gasteiger partial charge on any atom is 0.319 e. The number of rotatable bonds is 4. The van der Waals surface area contributed by atoms with E-state index in [1.54, 1.807) is 18.2 Å². The number of imide groups is 1. The van der Waals surface area contributed by atoms with Crippen molar-refractivity contribution < 1.29 is 19.2 Å². The molecule has 0 bridgehead atoms. The van der Waals surface area contributed by atoms with Crippen LogP contribution in [0.3, 0.4) is 0 Å². The number of piperidine rings is 1. The molecule has 2 aromatic rings. The number of nitrogens with one attached hydrogen (secondary N) is 3. The number of amides is 5. The molecule has 0 aromatic heterocycles. The SMILES string of the molecule is O=C1CCC(N2Cc3ccc(CNC(=O)Nc4ccc(Cl)cc4Cl)cc3C2=O)C(=O)N1. The van der Waals surface area contributed by atoms with Crippen LogP contribution in [0.5, 0.6) is 0 Å². The zero-order chi connectivity index (χ0) is 22.1. The van der Waals surface area contributed by atoms with Gasteiger partial charge < -0.3 is 15.5 Å². The first-order valence-corrected chi connectivity index (χ1v) is 10.3. The molecule has 3 N–H and O–H groups in total. The van der Waals surface area contributed by atoms with Gasteiger partial charge in [0.05, 0.1) is 10.7 Å². The van der Waals surface area contributed by atoms with Gasteiger partial charge in [0.2, 0.25) is 11.8 Å². The topological polar surface area (TPSA) is 108 Å². The van der Waals surface area contributed by atoms with E-state index >= 15 is 0 Å². The first-order chi connectivity index (χ1) is 14.8. The van der Waals surface area contributed by atoms with Crippen molar-refractivity contribution in [2.24, 2.45) is 0 Å². The van der Waals surface area contributed by atoms with Crippen LogP contribution in [0.25, 0.3) is 0 Å². The van der Waals surface area contributed by atoms with Gasteiger partial charge >= 0.3 is 6.03 Å². The molecular formula is C21H18Cl2N4O4. The smallest absolute Gasteiger partial charge is 0.319 e. The molecule has 0 aliphatic carbocycles. The summed E-state index contributed by atoms with van der Waals surface area (Å²) in [5.41, 5.74) is 2.45. The van der Waals surface area contributed by atoms with E-state index in [-0.39, 0.29) is 24.8 Å². The van der Waals surface area contributed by atoms with Crippen molar-refractivity contribution in [3.8, 4) is 0 Å². The van der Waals surface area contributed by atoms with Crippen LogP contribution in [0.4, 0.5) is 10.5 Å². The predicted molar refractivity (Wildman–Crippen MR) is 115 cm³/mol. The van der Waals surface area contributed by atoms with Crippen LogP contribution in [0.2, 0.25) is 10.0 Å². The molecule has 1 fully saturated rings. The molecule has 160 valence electrons. The van der Waals surface area contributed by atoms with Gasteiger partial charge in [-0.15, -0.1) is 0 Å². The monoisotopic (exact) mass is 460 g/mol. The van der Waals surface area contributed by atoms with E-state index in [2.05, 4.69) is 16.0 Å². The molecule has 1 unspecified atom stereocenters. The average Bonchev–Trinajstić information content (AvgIpc) is 3.04. The van der Waals surface area contributed by atoms with Crippen LogP contribution in [0.15, 0.2) is 36.4 Å². The lowest BCUT2D eigenvalue weighted by molar-refractivity contribution is -0.136. The van der Waals surface area contributed by atoms with Gasteiger partial charge in [0.15, 0.2) is 0 Å². The first-order valence-electron chi connectivity index (χ1n) is 9.58. The number of urea groups is 1. The van der Waals surface area contributed by atoms with Crippen LogP contribution in [-0.4, -0.2) is 34.7 Å². The number of halogens is 2. The van der Waals surface area contributed by atoms with Crippen molar-refractivity contribution in [1.82, 2.24) is 15.5 Å². The lowest BCUT2D eigenvalue weighted by Crippen LogP contribution is -2.52. The summed E-state index contributed by atoms with van der Waals surface area (Å²) in [7, 11) is 0. The predicted octanol–water partition coefficient (Wildman–Crippen LogP) is 3.08. The Kier molecular flexibility index (Phi) is 5.84. The Hall–Kier alpha value is -3.10. The van der Waals surface area contributed by atoms with Crippen molar-refractivity contribution in [3.63, 3.8) is 0 Å². The second kappa shape index (κ2) is 8.56. The number of hydrogen-bond acceptors (Lipinski definition) is 4. The zero-order valence-corrected chi connectivity index (χ0v) is 17.7. The Morgan fingerprint density at radius 1 is 1.13 bits per heavy atom. The second-order valence-electron chi connectivity index (χ2n) is 7.32. The fourth-order valence-corrected chi connectivity index (χ4v) is 4.11. The van der Waals surface area contributed by atoms with E-state index < -0.39 is 18.0 Å². The molecule has 1 atom stereocenters. The highest BCUT2D eigenvalue weighted by Gasteiger charge is 2.39. The quantitative estimate of drug-likeness (QED) is 0.609. The molecule has 31 heavy (non-hydrogen) atoms. The third-order valence-electron chi connectivity index (χ3n) is 5.22. The van der Waals surface area contributed by atoms with Gasteiger partial charge in [-0.05, 0) is 41.8 Å². The maximum atomic E-state index is 12.9. The average molecular weight is 461 g/mol. The molecule has 2 aliphatic rings. The van der Waals surface area contributed by atoms with Crippen molar-refractivity contribution >= 4 is 52.6 Å². The number of hydrogen-bond donors (Lipinski definition) is 3. The summed E-state index contributed by atoms with van der Waals surface area (Å²) in [5.74, 6) is -1.03. The number of anilines is 1. The van der Waals surface area contributed by atoms with E-state index in [1.807, 2.05) is 12.1 Å². The minimum Gasteiger partial charge on any atom is -0.334 e. The largest absolute Gasteiger partial charge is 0.334 e. The van der Waals surface area contributed by atoms with Gasteiger partial charge in [-0.3, -0.25) is 19.7 Å². The van der Waals surface area contributed by atoms with Crippen molar-refractivity contribution in [3.05, 3.63) is 63.1 Å². The Morgan fingerprint density at radius 2 is 1.94 bits per heavy atom. The number of carbonyl (C=O) groups excluding carboxylic acids is 4. The fraction of sp³-hybridized carbons (Fsp3) is 0.238. The Balaban J connectivity index is 1.39. The molecule has 8 nitrogen and oxygen atoms in total. The molecule has 2 aliphatic heterocycles. The minimum absolute atomic E-state index is 0.190. The molecule has 1 saturated heterocycles. The van der Waals surface area contributed by atoms with E-state index in [4.69, 9.17) is 23.2 Å². The van der Waals surface area contributed by atoms with Gasteiger partial charge in [-0.25, -0.2) is 4.79 Å². The Bertz CT molecular complexity index is 1100. The fourth-order valence-electron chi connectivity index (χ4n) is 3.65. The van der Waals surface area contributed by atoms with Gasteiger partial charge in [-0.2, -0.15) is 0 Å². The number of carbonyl (C=O) groups is 4. The van der Waals surface area contributed by atoms with Crippen molar-refractivity contribution in [2.45, 2.75) is 32.0 Å². The normalized spacial score (nSPS) is 17.9. The van der Waals surface area contributed by atoms with Crippen LogP contribution < -0.4 is 16.0 Å². The Morgan fingerprint density at radius 3 is 2.68 bits per heavy atom. The van der Waals surface area contributed by atoms with Crippen LogP contribution >= 0.6 is 23.2 Å². The lowest BCUT2D eigenvalue weighted by atomic mass is 10.0. The van der Waals surface area contributed by atoms with E-state index in [9.17, 15) is 19.2 Å². The highest BCUT2D eigenvalue weighted by Crippen LogP contribution is 2.28. The van der Waals surface area contributed by atoms with Crippen LogP contribution in [0.1, 0.15) is 34.3 Å². The molecule has 0 spiro atoms. The molecular weight excluding hydrogens is 443 g/mol. The summed E-state index contributed by atoms with van der Waals surface area (Å²) in [6.07, 6.45) is 0.519. The second-order valence-corrected chi connectivity index (χ2v) is 8.17. The highest BCUT2D eigenvalue weighted by molar-refractivity contribution is 6.36. The molecule has 0 saturated carbocycles. The summed E-state index contributed by atoms with van der Waals surface area (Å²) < 4.78 is 0. The summed E-state index contributed by atoms with van der Waals surface area (Å²) in [6, 6.07) is 8.96. The standard InChI is InChI=1S/C21H18Cl2N4O4/c22-13-3-4-16(15(23)8-13)25-21(31)24-9-11-1-2-12-10-27(20(30)14(12)7-11)17-5-6-18(28)26-19(17)29/h1-4,7-8,17H,5-6,9-10H2,(H2,24,25,31)(H,26,28,29). The van der Waals surface area contributed by atoms with Crippen LogP contribution in [0, 0.1) is 0 Å². The van der Waals surface area contributed by atoms with Crippen molar-refractivity contribution in [1.29, 1.82) is 0 Å². The maximum absolute atomic E-state index is 12.9. The van der Waals surface area contributed by atoms with Gasteiger partial charge in [-0.1, -0.05) is 35.3 Å². The van der Waals surface area contributed by atoms with Crippen LogP contribution in [-0.2, 0) is 22.7 Å². The summed E-state index contributed by atoms with van der Waals surface area (Å²) >= 11 is 11.9. The van der Waals surface area contributed by atoms with E-state index in [0.717, 1.165) is 11.1 Å². The van der Waals surface area contributed by atoms with E-state index in [0.29, 0.717) is 34.3 Å². The van der Waals surface area contributed by atoms with Crippen molar-refractivity contribution in [2.75, 3.05) is 5.32 Å². The first kappa shape index (κ1) is 21.1. The summed E-state index contributed by atoms with van der Waals surface area (Å²) in [5, 5.41) is 8.42. The highest BCUT2D eigenvalue weighted by atomic mass is 35.5. The summed E-state index contributed by atoms with van der Waals surface area (Å²) in [6.45, 7) is 0.500. The number of fused-ring (bicyclic) bond motifs is 1. The van der Waals surface area contributed by atoms with E-state index in [1.165, 1.54) is 11.0 Å². The van der Waals surface area contributed by atoms with Gasteiger partial charge in [0.1, 0.15) is 6.04 Å². The molecule has 2 aromatic carbocycles. The third-order valence-corrected chi connectivity index (χ3v) is 5.77. The molecule has 10 heteroatoms. The molecule has 5 amide bonds. The Labute approximate surface area is 187 Å². The molecule has 2 heterocycles. The summed E-state index contributed by atoms with van der Waals surface area (Å²) in [4.78, 5) is 50.0. The third kappa shape index (κ3) is 4.50. The molecule has 0 radical (unpaired) electrons. The number of benzene rings is 2. The minimum atomic E-state index is -0.658. The molecule has 4 rings (SSSR count). The van der Waals surface area contributed by atoms with Gasteiger partial charge in [0, 0.05) is 30.1 Å². The van der Waals surface area contributed by atoms with Gasteiger partial charge in [0.25, 0.3) is 5.91 Å².